The molecule has 2 aromatic carbocycles. The topological polar surface area (TPSA) is 116 Å². The van der Waals surface area contributed by atoms with E-state index < -0.39 is 11.8 Å². The summed E-state index contributed by atoms with van der Waals surface area (Å²) in [5, 5.41) is 8.39. The predicted molar refractivity (Wildman–Crippen MR) is 106 cm³/mol. The zero-order chi connectivity index (χ0) is 20.1. The first-order valence-corrected chi connectivity index (χ1v) is 8.59. The molecule has 0 spiro atoms. The fourth-order valence-electron chi connectivity index (χ4n) is 2.40. The second kappa shape index (κ2) is 8.36. The van der Waals surface area contributed by atoms with Gasteiger partial charge in [0.1, 0.15) is 5.69 Å². The van der Waals surface area contributed by atoms with E-state index in [9.17, 15) is 14.4 Å². The van der Waals surface area contributed by atoms with Crippen LogP contribution in [0.5, 0.6) is 0 Å². The van der Waals surface area contributed by atoms with E-state index in [4.69, 9.17) is 11.6 Å². The standard InChI is InChI=1S/C19H16ClN5O3/c1-21-18(27)15-16(23-10-22-15)19(28)25-14-8-6-13(7-9-14)24-17(26)11-2-4-12(20)5-3-11/h2-10H,1H3,(H,21,27)(H,22,23)(H,24,26)(H,25,28). The third-order valence-electron chi connectivity index (χ3n) is 3.82. The lowest BCUT2D eigenvalue weighted by atomic mass is 10.2. The first-order valence-electron chi connectivity index (χ1n) is 8.21. The summed E-state index contributed by atoms with van der Waals surface area (Å²) < 4.78 is 0. The van der Waals surface area contributed by atoms with Crippen molar-refractivity contribution in [3.8, 4) is 0 Å². The number of nitrogens with zero attached hydrogens (tertiary/aromatic N) is 1. The van der Waals surface area contributed by atoms with Gasteiger partial charge in [-0.05, 0) is 48.5 Å². The molecule has 1 aromatic heterocycles. The summed E-state index contributed by atoms with van der Waals surface area (Å²) in [7, 11) is 1.46. The Labute approximate surface area is 165 Å². The fourth-order valence-corrected chi connectivity index (χ4v) is 2.52. The minimum atomic E-state index is -0.530. The van der Waals surface area contributed by atoms with Crippen molar-refractivity contribution < 1.29 is 14.4 Å². The minimum absolute atomic E-state index is 0.0144. The van der Waals surface area contributed by atoms with Crippen LogP contribution in [0.1, 0.15) is 31.3 Å². The van der Waals surface area contributed by atoms with Gasteiger partial charge < -0.3 is 20.9 Å². The number of nitrogens with one attached hydrogen (secondary N) is 4. The van der Waals surface area contributed by atoms with Crippen LogP contribution in [0.4, 0.5) is 11.4 Å². The van der Waals surface area contributed by atoms with Crippen molar-refractivity contribution in [1.82, 2.24) is 15.3 Å². The van der Waals surface area contributed by atoms with E-state index in [1.807, 2.05) is 0 Å². The molecule has 0 aliphatic heterocycles. The summed E-state index contributed by atoms with van der Waals surface area (Å²) in [5.41, 5.74) is 1.58. The summed E-state index contributed by atoms with van der Waals surface area (Å²) in [4.78, 5) is 42.8. The van der Waals surface area contributed by atoms with E-state index in [0.29, 0.717) is 22.0 Å². The maximum atomic E-state index is 12.3. The van der Waals surface area contributed by atoms with E-state index in [1.165, 1.54) is 13.4 Å². The van der Waals surface area contributed by atoms with Crippen LogP contribution in [0.25, 0.3) is 0 Å². The van der Waals surface area contributed by atoms with Gasteiger partial charge in [-0.3, -0.25) is 14.4 Å². The number of rotatable bonds is 5. The molecule has 0 saturated heterocycles. The minimum Gasteiger partial charge on any atom is -0.354 e. The lowest BCUT2D eigenvalue weighted by Crippen LogP contribution is -2.23. The van der Waals surface area contributed by atoms with Gasteiger partial charge in [0.2, 0.25) is 0 Å². The summed E-state index contributed by atoms with van der Waals surface area (Å²) >= 11 is 5.81. The molecular weight excluding hydrogens is 382 g/mol. The molecule has 0 saturated carbocycles. The Bertz CT molecular complexity index is 1010. The Balaban J connectivity index is 1.65. The highest BCUT2D eigenvalue weighted by molar-refractivity contribution is 6.30. The molecule has 8 nitrogen and oxygen atoms in total. The van der Waals surface area contributed by atoms with Crippen molar-refractivity contribution >= 4 is 40.7 Å². The molecule has 9 heteroatoms. The van der Waals surface area contributed by atoms with Crippen molar-refractivity contribution in [2.75, 3.05) is 17.7 Å². The molecule has 0 aliphatic rings. The zero-order valence-electron chi connectivity index (χ0n) is 14.7. The van der Waals surface area contributed by atoms with Crippen LogP contribution in [-0.4, -0.2) is 34.7 Å². The van der Waals surface area contributed by atoms with E-state index in [-0.39, 0.29) is 17.3 Å². The number of H-pyrrole nitrogens is 1. The van der Waals surface area contributed by atoms with Gasteiger partial charge in [0.15, 0.2) is 5.69 Å². The quantitative estimate of drug-likeness (QED) is 0.529. The number of hydrogen-bond donors (Lipinski definition) is 4. The Kier molecular flexibility index (Phi) is 5.71. The van der Waals surface area contributed by atoms with Gasteiger partial charge in [-0.2, -0.15) is 0 Å². The van der Waals surface area contributed by atoms with E-state index in [2.05, 4.69) is 25.9 Å². The summed E-state index contributed by atoms with van der Waals surface area (Å²) in [6, 6.07) is 13.1. The van der Waals surface area contributed by atoms with Gasteiger partial charge in [0, 0.05) is 29.0 Å². The number of halogens is 1. The lowest BCUT2D eigenvalue weighted by molar-refractivity contribution is 0.0943. The Hall–Kier alpha value is -3.65. The molecule has 0 aliphatic carbocycles. The van der Waals surface area contributed by atoms with Gasteiger partial charge in [0.25, 0.3) is 17.7 Å². The molecule has 3 amide bonds. The summed E-state index contributed by atoms with van der Waals surface area (Å²) in [6.45, 7) is 0. The molecule has 1 heterocycles. The van der Waals surface area contributed by atoms with Gasteiger partial charge in [-0.15, -0.1) is 0 Å². The van der Waals surface area contributed by atoms with E-state index in [0.717, 1.165) is 0 Å². The van der Waals surface area contributed by atoms with Crippen molar-refractivity contribution in [1.29, 1.82) is 0 Å². The largest absolute Gasteiger partial charge is 0.354 e. The first kappa shape index (κ1) is 19.1. The number of benzene rings is 2. The number of aromatic nitrogens is 2. The van der Waals surface area contributed by atoms with Gasteiger partial charge in [-0.1, -0.05) is 11.6 Å². The van der Waals surface area contributed by atoms with Crippen LogP contribution in [0.3, 0.4) is 0 Å². The number of hydrogen-bond acceptors (Lipinski definition) is 4. The molecule has 3 rings (SSSR count). The zero-order valence-corrected chi connectivity index (χ0v) is 15.5. The molecule has 0 fully saturated rings. The SMILES string of the molecule is CNC(=O)c1[nH]cnc1C(=O)Nc1ccc(NC(=O)c2ccc(Cl)cc2)cc1. The van der Waals surface area contributed by atoms with Crippen LogP contribution < -0.4 is 16.0 Å². The highest BCUT2D eigenvalue weighted by Gasteiger charge is 2.19. The Morgan fingerprint density at radius 3 is 2.00 bits per heavy atom. The highest BCUT2D eigenvalue weighted by Crippen LogP contribution is 2.17. The third-order valence-corrected chi connectivity index (χ3v) is 4.07. The normalized spacial score (nSPS) is 10.2. The molecule has 0 bridgehead atoms. The molecule has 0 radical (unpaired) electrons. The van der Waals surface area contributed by atoms with Gasteiger partial charge >= 0.3 is 0 Å². The number of carbonyl (C=O) groups excluding carboxylic acids is 3. The van der Waals surface area contributed by atoms with Gasteiger partial charge in [0.05, 0.1) is 6.33 Å². The number of anilines is 2. The molecule has 3 aromatic rings. The van der Waals surface area contributed by atoms with Crippen LogP contribution in [0.2, 0.25) is 5.02 Å². The molecule has 0 unspecified atom stereocenters. The van der Waals surface area contributed by atoms with Gasteiger partial charge in [-0.25, -0.2) is 4.98 Å². The van der Waals surface area contributed by atoms with Crippen molar-refractivity contribution in [2.24, 2.45) is 0 Å². The number of carbonyl (C=O) groups is 3. The first-order chi connectivity index (χ1) is 13.5. The second-order valence-corrected chi connectivity index (χ2v) is 6.13. The smallest absolute Gasteiger partial charge is 0.276 e. The number of amides is 3. The van der Waals surface area contributed by atoms with Crippen molar-refractivity contribution in [2.45, 2.75) is 0 Å². The molecule has 28 heavy (non-hydrogen) atoms. The Morgan fingerprint density at radius 2 is 1.43 bits per heavy atom. The van der Waals surface area contributed by atoms with Crippen LogP contribution in [0.15, 0.2) is 54.9 Å². The molecule has 4 N–H and O–H groups in total. The lowest BCUT2D eigenvalue weighted by Gasteiger charge is -2.08. The fraction of sp³-hybridized carbons (Fsp3) is 0.0526. The average Bonchev–Trinajstić information content (AvgIpc) is 3.19. The Morgan fingerprint density at radius 1 is 0.857 bits per heavy atom. The van der Waals surface area contributed by atoms with E-state index >= 15 is 0 Å². The number of aromatic amines is 1. The number of imidazole rings is 1. The van der Waals surface area contributed by atoms with Crippen molar-refractivity contribution in [3.05, 3.63) is 76.8 Å². The van der Waals surface area contributed by atoms with Crippen LogP contribution in [0, 0.1) is 0 Å². The average molecular weight is 398 g/mol. The van der Waals surface area contributed by atoms with Crippen molar-refractivity contribution in [3.63, 3.8) is 0 Å². The summed E-state index contributed by atoms with van der Waals surface area (Å²) in [6.07, 6.45) is 1.27. The molecule has 142 valence electrons. The third kappa shape index (κ3) is 4.36. The molecular formula is C19H16ClN5O3. The maximum Gasteiger partial charge on any atom is 0.276 e. The maximum absolute atomic E-state index is 12.3. The monoisotopic (exact) mass is 397 g/mol. The van der Waals surface area contributed by atoms with Crippen LogP contribution in [-0.2, 0) is 0 Å². The highest BCUT2D eigenvalue weighted by atomic mass is 35.5. The van der Waals surface area contributed by atoms with Crippen LogP contribution >= 0.6 is 11.6 Å². The predicted octanol–water partition coefficient (Wildman–Crippen LogP) is 2.93. The second-order valence-electron chi connectivity index (χ2n) is 5.70. The molecule has 0 atom stereocenters. The summed E-state index contributed by atoms with van der Waals surface area (Å²) in [5.74, 6) is -1.25. The van der Waals surface area contributed by atoms with E-state index in [1.54, 1.807) is 48.5 Å².